The van der Waals surface area contributed by atoms with Crippen molar-refractivity contribution in [2.24, 2.45) is 0 Å². The number of hydrogen-bond donors (Lipinski definition) is 2. The Kier molecular flexibility index (Phi) is 3.74. The molecule has 4 heteroatoms. The Morgan fingerprint density at radius 1 is 1.04 bits per heavy atom. The third-order valence-electron chi connectivity index (χ3n) is 3.89. The summed E-state index contributed by atoms with van der Waals surface area (Å²) in [5, 5.41) is 3.46. The number of hydrogen-bond acceptors (Lipinski definition) is 2. The Bertz CT molecular complexity index is 971. The van der Waals surface area contributed by atoms with Gasteiger partial charge in [0.05, 0.1) is 11.1 Å². The first kappa shape index (κ1) is 15.0. The molecular weight excluding hydrogens is 288 g/mol. The molecule has 0 aliphatic rings. The van der Waals surface area contributed by atoms with E-state index in [4.69, 9.17) is 0 Å². The van der Waals surface area contributed by atoms with Crippen LogP contribution in [0.3, 0.4) is 0 Å². The van der Waals surface area contributed by atoms with Crippen LogP contribution in [0.4, 0.5) is 5.69 Å². The van der Waals surface area contributed by atoms with Crippen LogP contribution in [-0.2, 0) is 0 Å². The third kappa shape index (κ3) is 2.88. The highest BCUT2D eigenvalue weighted by Gasteiger charge is 2.13. The molecule has 0 aliphatic heterocycles. The Labute approximate surface area is 134 Å². The molecule has 0 fully saturated rings. The fraction of sp³-hybridized carbons (Fsp3) is 0.158. The number of H-pyrrole nitrogens is 1. The summed E-state index contributed by atoms with van der Waals surface area (Å²) in [6.45, 7) is 5.73. The fourth-order valence-electron chi connectivity index (χ4n) is 2.65. The lowest BCUT2D eigenvalue weighted by molar-refractivity contribution is 0.102. The van der Waals surface area contributed by atoms with E-state index in [-0.39, 0.29) is 11.3 Å². The zero-order valence-electron chi connectivity index (χ0n) is 13.4. The average Bonchev–Trinajstić information content (AvgIpc) is 2.50. The van der Waals surface area contributed by atoms with Crippen LogP contribution in [0.15, 0.2) is 47.3 Å². The number of para-hydroxylation sites is 1. The van der Waals surface area contributed by atoms with Crippen LogP contribution in [0, 0.1) is 20.8 Å². The van der Waals surface area contributed by atoms with Gasteiger partial charge in [-0.2, -0.15) is 0 Å². The van der Waals surface area contributed by atoms with E-state index in [2.05, 4.69) is 10.3 Å². The highest BCUT2D eigenvalue weighted by atomic mass is 16.1. The second-order valence-electron chi connectivity index (χ2n) is 5.82. The van der Waals surface area contributed by atoms with Gasteiger partial charge in [0.15, 0.2) is 5.43 Å². The topological polar surface area (TPSA) is 62.0 Å². The third-order valence-corrected chi connectivity index (χ3v) is 3.89. The fourth-order valence-corrected chi connectivity index (χ4v) is 2.65. The van der Waals surface area contributed by atoms with Crippen LogP contribution in [0.2, 0.25) is 0 Å². The number of aromatic amines is 1. The van der Waals surface area contributed by atoms with Crippen molar-refractivity contribution in [1.82, 2.24) is 4.98 Å². The van der Waals surface area contributed by atoms with Gasteiger partial charge in [-0.05, 0) is 50.1 Å². The van der Waals surface area contributed by atoms with Crippen molar-refractivity contribution in [3.8, 4) is 0 Å². The van der Waals surface area contributed by atoms with E-state index >= 15 is 0 Å². The zero-order valence-corrected chi connectivity index (χ0v) is 13.4. The van der Waals surface area contributed by atoms with Crippen molar-refractivity contribution >= 4 is 22.5 Å². The summed E-state index contributed by atoms with van der Waals surface area (Å²) in [7, 11) is 0. The van der Waals surface area contributed by atoms with Gasteiger partial charge in [0, 0.05) is 22.8 Å². The van der Waals surface area contributed by atoms with Gasteiger partial charge in [0.2, 0.25) is 0 Å². The summed E-state index contributed by atoms with van der Waals surface area (Å²) in [5.74, 6) is -0.231. The van der Waals surface area contributed by atoms with Crippen molar-refractivity contribution in [2.75, 3.05) is 5.32 Å². The van der Waals surface area contributed by atoms with Crippen LogP contribution in [0.5, 0.6) is 0 Å². The number of benzene rings is 2. The van der Waals surface area contributed by atoms with Crippen molar-refractivity contribution in [1.29, 1.82) is 0 Å². The monoisotopic (exact) mass is 306 g/mol. The van der Waals surface area contributed by atoms with Gasteiger partial charge in [0.25, 0.3) is 5.91 Å². The largest absolute Gasteiger partial charge is 0.358 e. The molecule has 0 unspecified atom stereocenters. The maximum Gasteiger partial charge on any atom is 0.257 e. The molecule has 2 aromatic carbocycles. The normalized spacial score (nSPS) is 10.7. The van der Waals surface area contributed by atoms with Crippen molar-refractivity contribution in [3.63, 3.8) is 0 Å². The van der Waals surface area contributed by atoms with Crippen molar-refractivity contribution in [3.05, 3.63) is 75.1 Å². The minimum absolute atomic E-state index is 0.0855. The molecule has 0 saturated carbocycles. The molecule has 2 N–H and O–H groups in total. The van der Waals surface area contributed by atoms with Crippen LogP contribution in [0.25, 0.3) is 10.9 Å². The standard InChI is InChI=1S/C19H18N2O2/c1-11-7-8-12(2)16(9-11)21-19(23)15-6-4-5-14-17(22)10-13(3)20-18(14)15/h4-10H,1-3H3,(H,20,22)(H,21,23). The summed E-state index contributed by atoms with van der Waals surface area (Å²) in [6, 6.07) is 12.6. The van der Waals surface area contributed by atoms with Crippen molar-refractivity contribution in [2.45, 2.75) is 20.8 Å². The molecule has 0 saturated heterocycles. The highest BCUT2D eigenvalue weighted by molar-refractivity contribution is 6.12. The molecule has 23 heavy (non-hydrogen) atoms. The van der Waals surface area contributed by atoms with E-state index in [0.29, 0.717) is 16.5 Å². The smallest absolute Gasteiger partial charge is 0.257 e. The summed E-state index contributed by atoms with van der Waals surface area (Å²) >= 11 is 0. The number of rotatable bonds is 2. The lowest BCUT2D eigenvalue weighted by Crippen LogP contribution is -2.15. The van der Waals surface area contributed by atoms with Crippen LogP contribution in [0.1, 0.15) is 27.2 Å². The molecule has 0 atom stereocenters. The Balaban J connectivity index is 2.08. The minimum atomic E-state index is -0.231. The minimum Gasteiger partial charge on any atom is -0.358 e. The van der Waals surface area contributed by atoms with Gasteiger partial charge in [-0.3, -0.25) is 9.59 Å². The molecular formula is C19H18N2O2. The molecule has 1 heterocycles. The first-order chi connectivity index (χ1) is 11.0. The van der Waals surface area contributed by atoms with E-state index in [1.54, 1.807) is 25.1 Å². The van der Waals surface area contributed by atoms with E-state index in [1.165, 1.54) is 6.07 Å². The van der Waals surface area contributed by atoms with E-state index in [0.717, 1.165) is 22.5 Å². The molecule has 1 amide bonds. The van der Waals surface area contributed by atoms with Gasteiger partial charge in [-0.15, -0.1) is 0 Å². The predicted molar refractivity (Wildman–Crippen MR) is 93.2 cm³/mol. The van der Waals surface area contributed by atoms with Gasteiger partial charge in [-0.25, -0.2) is 0 Å². The Morgan fingerprint density at radius 3 is 2.61 bits per heavy atom. The number of amides is 1. The van der Waals surface area contributed by atoms with Crippen molar-refractivity contribution < 1.29 is 4.79 Å². The van der Waals surface area contributed by atoms with Gasteiger partial charge < -0.3 is 10.3 Å². The van der Waals surface area contributed by atoms with Gasteiger partial charge in [0.1, 0.15) is 0 Å². The van der Waals surface area contributed by atoms with E-state index in [1.807, 2.05) is 32.0 Å². The van der Waals surface area contributed by atoms with Gasteiger partial charge in [-0.1, -0.05) is 18.2 Å². The number of carbonyl (C=O) groups excluding carboxylic acids is 1. The molecule has 0 radical (unpaired) electrons. The number of pyridine rings is 1. The Morgan fingerprint density at radius 2 is 1.83 bits per heavy atom. The molecule has 116 valence electrons. The molecule has 3 aromatic rings. The van der Waals surface area contributed by atoms with Crippen LogP contribution < -0.4 is 10.7 Å². The number of nitrogens with one attached hydrogen (secondary N) is 2. The summed E-state index contributed by atoms with van der Waals surface area (Å²) in [5.41, 5.74) is 4.53. The first-order valence-electron chi connectivity index (χ1n) is 7.47. The number of anilines is 1. The lowest BCUT2D eigenvalue weighted by atomic mass is 10.1. The molecule has 0 bridgehead atoms. The molecule has 1 aromatic heterocycles. The lowest BCUT2D eigenvalue weighted by Gasteiger charge is -2.11. The Hall–Kier alpha value is -2.88. The number of aromatic nitrogens is 1. The quantitative estimate of drug-likeness (QED) is 0.758. The zero-order chi connectivity index (χ0) is 16.6. The number of carbonyl (C=O) groups is 1. The molecule has 3 rings (SSSR count). The second kappa shape index (κ2) is 5.72. The van der Waals surface area contributed by atoms with E-state index in [9.17, 15) is 9.59 Å². The average molecular weight is 306 g/mol. The van der Waals surface area contributed by atoms with Gasteiger partial charge >= 0.3 is 0 Å². The van der Waals surface area contributed by atoms with Crippen LogP contribution >= 0.6 is 0 Å². The summed E-state index contributed by atoms with van der Waals surface area (Å²) < 4.78 is 0. The molecule has 0 spiro atoms. The SMILES string of the molecule is Cc1ccc(C)c(NC(=O)c2cccc3c(=O)cc(C)[nH]c23)c1. The molecule has 0 aliphatic carbocycles. The maximum absolute atomic E-state index is 12.7. The van der Waals surface area contributed by atoms with Crippen LogP contribution in [-0.4, -0.2) is 10.9 Å². The predicted octanol–water partition coefficient (Wildman–Crippen LogP) is 3.71. The second-order valence-corrected chi connectivity index (χ2v) is 5.82. The molecule has 4 nitrogen and oxygen atoms in total. The summed E-state index contributed by atoms with van der Waals surface area (Å²) in [6.07, 6.45) is 0. The number of fused-ring (bicyclic) bond motifs is 1. The first-order valence-corrected chi connectivity index (χ1v) is 7.47. The maximum atomic E-state index is 12.7. The number of aryl methyl sites for hydroxylation is 3. The van der Waals surface area contributed by atoms with E-state index < -0.39 is 0 Å². The highest BCUT2D eigenvalue weighted by Crippen LogP contribution is 2.20. The summed E-state index contributed by atoms with van der Waals surface area (Å²) in [4.78, 5) is 27.9.